The molecule has 0 N–H and O–H groups in total. The predicted octanol–water partition coefficient (Wildman–Crippen LogP) is 4.59. The number of rotatable bonds is 4. The van der Waals surface area contributed by atoms with Gasteiger partial charge in [-0.05, 0) is 13.8 Å². The Morgan fingerprint density at radius 2 is 0.800 bits per heavy atom. The normalized spacial score (nSPS) is 14.8. The van der Waals surface area contributed by atoms with Crippen molar-refractivity contribution in [2.45, 2.75) is 13.8 Å². The summed E-state index contributed by atoms with van der Waals surface area (Å²) in [5.41, 5.74) is 0. The molecule has 0 amide bonds. The highest BCUT2D eigenvalue weighted by Gasteiger charge is 2.21. The highest BCUT2D eigenvalue weighted by Crippen LogP contribution is 2.07. The third kappa shape index (κ3) is 64.2. The zero-order valence-electron chi connectivity index (χ0n) is 11.6. The quantitative estimate of drug-likeness (QED) is 0.394. The molecule has 0 heterocycles. The fraction of sp³-hybridized carbons (Fsp3) is 0.750. The van der Waals surface area contributed by atoms with Crippen LogP contribution in [0.5, 0.6) is 0 Å². The average Bonchev–Trinajstić information content (AvgIpc) is 2.20. The summed E-state index contributed by atoms with van der Waals surface area (Å²) in [6.07, 6.45) is 4.59. The molecule has 0 fully saturated rings. The van der Waals surface area contributed by atoms with Gasteiger partial charge in [0.05, 0.1) is 0 Å². The molecule has 0 aromatic heterocycles. The van der Waals surface area contributed by atoms with Gasteiger partial charge < -0.3 is 34.5 Å². The van der Waals surface area contributed by atoms with Crippen LogP contribution in [0.2, 0.25) is 0 Å². The molecular formula is C8H18B2F8S2. The molecule has 0 saturated heterocycles. The highest BCUT2D eigenvalue weighted by atomic mass is 32.2. The van der Waals surface area contributed by atoms with Gasteiger partial charge in [-0.15, -0.1) is 0 Å². The third-order valence-corrected chi connectivity index (χ3v) is 4.63. The summed E-state index contributed by atoms with van der Waals surface area (Å²) in [5, 5.41) is 4.74. The Labute approximate surface area is 120 Å². The molecule has 0 radical (unpaired) electrons. The lowest BCUT2D eigenvalue weighted by Gasteiger charge is -1.94. The van der Waals surface area contributed by atoms with Gasteiger partial charge in [-0.2, -0.15) is 0 Å². The monoisotopic (exact) mass is 352 g/mol. The fourth-order valence-electron chi connectivity index (χ4n) is 0.382. The molecule has 0 bridgehead atoms. The van der Waals surface area contributed by atoms with Crippen LogP contribution in [0.1, 0.15) is 13.8 Å². The standard InChI is InChI=1S/C8H18S2.2BF4/c1-5-9(3)7-8-10(4)6-2;2*2-1(3,4)5/h7-8H,5-6H2,1-4H3;;/q+2;2*-1/b8-7+;;. The summed E-state index contributed by atoms with van der Waals surface area (Å²) in [4.78, 5) is 0. The minimum atomic E-state index is -6.00. The van der Waals surface area contributed by atoms with Gasteiger partial charge in [0.1, 0.15) is 24.0 Å². The van der Waals surface area contributed by atoms with Gasteiger partial charge in [0.25, 0.3) is 0 Å². The van der Waals surface area contributed by atoms with Crippen molar-refractivity contribution in [3.8, 4) is 0 Å². The second kappa shape index (κ2) is 12.7. The van der Waals surface area contributed by atoms with Crippen LogP contribution >= 0.6 is 0 Å². The van der Waals surface area contributed by atoms with Gasteiger partial charge in [-0.1, -0.05) is 0 Å². The Morgan fingerprint density at radius 1 is 0.650 bits per heavy atom. The molecule has 12 heteroatoms. The average molecular weight is 352 g/mol. The van der Waals surface area contributed by atoms with Crippen LogP contribution in [0.4, 0.5) is 34.5 Å². The van der Waals surface area contributed by atoms with Crippen LogP contribution in [0.15, 0.2) is 10.8 Å². The number of halogens is 8. The summed E-state index contributed by atoms with van der Waals surface area (Å²) < 4.78 is 78.0. The van der Waals surface area contributed by atoms with Crippen LogP contribution < -0.4 is 0 Å². The van der Waals surface area contributed by atoms with Crippen molar-refractivity contribution in [2.24, 2.45) is 0 Å². The molecule has 2 atom stereocenters. The maximum atomic E-state index is 9.75. The van der Waals surface area contributed by atoms with E-state index in [1.54, 1.807) is 0 Å². The van der Waals surface area contributed by atoms with Crippen LogP contribution in [0.25, 0.3) is 0 Å². The maximum Gasteiger partial charge on any atom is 0.673 e. The number of hydrogen-bond donors (Lipinski definition) is 0. The first-order valence-corrected chi connectivity index (χ1v) is 9.09. The van der Waals surface area contributed by atoms with Crippen molar-refractivity contribution < 1.29 is 34.5 Å². The van der Waals surface area contributed by atoms with Crippen molar-refractivity contribution in [3.05, 3.63) is 10.8 Å². The lowest BCUT2D eigenvalue weighted by Crippen LogP contribution is -2.02. The van der Waals surface area contributed by atoms with E-state index < -0.39 is 14.5 Å². The van der Waals surface area contributed by atoms with Crippen LogP contribution in [0.3, 0.4) is 0 Å². The Kier molecular flexibility index (Phi) is 15.9. The van der Waals surface area contributed by atoms with Gasteiger partial charge in [0.2, 0.25) is 0 Å². The van der Waals surface area contributed by atoms with E-state index >= 15 is 0 Å². The van der Waals surface area contributed by atoms with Gasteiger partial charge in [-0.25, -0.2) is 0 Å². The molecule has 0 aromatic rings. The van der Waals surface area contributed by atoms with Gasteiger partial charge in [-0.3, -0.25) is 0 Å². The van der Waals surface area contributed by atoms with E-state index in [1.165, 1.54) is 11.5 Å². The fourth-order valence-corrected chi connectivity index (χ4v) is 2.28. The molecular weight excluding hydrogens is 334 g/mol. The predicted molar refractivity (Wildman–Crippen MR) is 77.2 cm³/mol. The van der Waals surface area contributed by atoms with E-state index in [0.717, 1.165) is 0 Å². The summed E-state index contributed by atoms with van der Waals surface area (Å²) in [7, 11) is -10.9. The summed E-state index contributed by atoms with van der Waals surface area (Å²) >= 11 is 0. The molecule has 20 heavy (non-hydrogen) atoms. The van der Waals surface area contributed by atoms with Crippen LogP contribution in [0, 0.1) is 0 Å². The third-order valence-electron chi connectivity index (χ3n) is 1.43. The Morgan fingerprint density at radius 3 is 0.900 bits per heavy atom. The molecule has 0 aliphatic carbocycles. The minimum Gasteiger partial charge on any atom is -0.418 e. The molecule has 0 rings (SSSR count). The molecule has 0 aromatic carbocycles. The first-order chi connectivity index (χ1) is 8.70. The molecule has 0 aliphatic heterocycles. The SMILES string of the molecule is CC[S+](C)/C=C/[S+](C)CC.F[B-](F)(F)F.F[B-](F)(F)F. The largest absolute Gasteiger partial charge is 0.673 e. The molecule has 0 spiro atoms. The van der Waals surface area contributed by atoms with Crippen LogP contribution in [-0.4, -0.2) is 38.5 Å². The first kappa shape index (κ1) is 25.0. The van der Waals surface area contributed by atoms with E-state index in [1.807, 2.05) is 0 Å². The summed E-state index contributed by atoms with van der Waals surface area (Å²) in [6.45, 7) is 4.49. The Balaban J connectivity index is -0.000000244. The van der Waals surface area contributed by atoms with Crippen molar-refractivity contribution in [1.82, 2.24) is 0 Å². The van der Waals surface area contributed by atoms with Gasteiger partial charge >= 0.3 is 14.5 Å². The Hall–Kier alpha value is 0.00987. The van der Waals surface area contributed by atoms with E-state index in [2.05, 4.69) is 37.2 Å². The lowest BCUT2D eigenvalue weighted by atomic mass is 10.3. The van der Waals surface area contributed by atoms with Crippen LogP contribution in [-0.2, 0) is 21.8 Å². The van der Waals surface area contributed by atoms with Crippen molar-refractivity contribution in [1.29, 1.82) is 0 Å². The van der Waals surface area contributed by atoms with E-state index in [4.69, 9.17) is 0 Å². The summed E-state index contributed by atoms with van der Waals surface area (Å²) in [6, 6.07) is 0. The van der Waals surface area contributed by atoms with Crippen molar-refractivity contribution in [2.75, 3.05) is 24.0 Å². The first-order valence-electron chi connectivity index (χ1n) is 5.36. The zero-order valence-corrected chi connectivity index (χ0v) is 13.2. The molecule has 0 nitrogen and oxygen atoms in total. The Bertz CT molecular complexity index is 208. The number of hydrogen-bond acceptors (Lipinski definition) is 0. The smallest absolute Gasteiger partial charge is 0.418 e. The zero-order chi connectivity index (χ0) is 17.0. The summed E-state index contributed by atoms with van der Waals surface area (Å²) in [5.74, 6) is 2.58. The van der Waals surface area contributed by atoms with E-state index in [9.17, 15) is 34.5 Å². The highest BCUT2D eigenvalue weighted by molar-refractivity contribution is 8.02. The second-order valence-corrected chi connectivity index (χ2v) is 7.68. The maximum absolute atomic E-state index is 9.75. The molecule has 2 unspecified atom stereocenters. The van der Waals surface area contributed by atoms with Gasteiger partial charge in [0.15, 0.2) is 10.8 Å². The lowest BCUT2D eigenvalue weighted by molar-refractivity contribution is 0.366. The van der Waals surface area contributed by atoms with E-state index in [-0.39, 0.29) is 0 Å². The second-order valence-electron chi connectivity index (χ2n) is 3.22. The topological polar surface area (TPSA) is 0 Å². The minimum absolute atomic E-state index is 0.527. The molecule has 124 valence electrons. The molecule has 0 aliphatic rings. The van der Waals surface area contributed by atoms with Crippen molar-refractivity contribution >= 4 is 36.3 Å². The van der Waals surface area contributed by atoms with Gasteiger partial charge in [0, 0.05) is 21.8 Å². The van der Waals surface area contributed by atoms with E-state index in [0.29, 0.717) is 21.8 Å². The molecule has 0 saturated carbocycles. The van der Waals surface area contributed by atoms with Crippen molar-refractivity contribution in [3.63, 3.8) is 0 Å².